The van der Waals surface area contributed by atoms with Gasteiger partial charge in [0.1, 0.15) is 0 Å². The predicted molar refractivity (Wildman–Crippen MR) is 76.4 cm³/mol. The van der Waals surface area contributed by atoms with E-state index in [2.05, 4.69) is 24.5 Å². The number of hydrogen-bond acceptors (Lipinski definition) is 1. The first-order valence-corrected chi connectivity index (χ1v) is 6.39. The Morgan fingerprint density at radius 3 is 2.47 bits per heavy atom. The zero-order chi connectivity index (χ0) is 13.4. The van der Waals surface area contributed by atoms with Gasteiger partial charge in [0.05, 0.1) is 6.04 Å². The van der Waals surface area contributed by atoms with Crippen molar-refractivity contribution < 1.29 is 4.79 Å². The fourth-order valence-electron chi connectivity index (χ4n) is 2.58. The number of amides is 2. The van der Waals surface area contributed by atoms with Crippen LogP contribution in [-0.2, 0) is 0 Å². The van der Waals surface area contributed by atoms with E-state index < -0.39 is 0 Å². The zero-order valence-electron chi connectivity index (χ0n) is 11.0. The average molecular weight is 252 g/mol. The maximum Gasteiger partial charge on any atom is 0.320 e. The molecule has 2 amide bonds. The summed E-state index contributed by atoms with van der Waals surface area (Å²) in [5.74, 6) is 0. The van der Waals surface area contributed by atoms with Crippen LogP contribution in [0.1, 0.15) is 28.3 Å². The van der Waals surface area contributed by atoms with Gasteiger partial charge in [0.15, 0.2) is 0 Å². The van der Waals surface area contributed by atoms with Crippen molar-refractivity contribution in [2.24, 2.45) is 0 Å². The molecule has 2 aromatic rings. The molecule has 1 atom stereocenters. The highest BCUT2D eigenvalue weighted by Crippen LogP contribution is 2.35. The Hall–Kier alpha value is -2.29. The number of fused-ring (bicyclic) bond motifs is 1. The minimum Gasteiger partial charge on any atom is -0.327 e. The fourth-order valence-corrected chi connectivity index (χ4v) is 2.58. The molecule has 0 aromatic heterocycles. The quantitative estimate of drug-likeness (QED) is 0.801. The van der Waals surface area contributed by atoms with E-state index in [0.29, 0.717) is 0 Å². The molecule has 0 fully saturated rings. The van der Waals surface area contributed by atoms with Gasteiger partial charge in [0.25, 0.3) is 0 Å². The van der Waals surface area contributed by atoms with Gasteiger partial charge in [-0.25, -0.2) is 4.79 Å². The lowest BCUT2D eigenvalue weighted by atomic mass is 9.90. The molecule has 1 heterocycles. The smallest absolute Gasteiger partial charge is 0.320 e. The molecule has 3 rings (SSSR count). The van der Waals surface area contributed by atoms with E-state index in [1.165, 1.54) is 11.1 Å². The Balaban J connectivity index is 2.19. The fraction of sp³-hybridized carbons (Fsp3) is 0.188. The second-order valence-electron chi connectivity index (χ2n) is 4.91. The number of carbonyl (C=O) groups is 1. The molecule has 0 bridgehead atoms. The number of rotatable bonds is 1. The zero-order valence-corrected chi connectivity index (χ0v) is 11.0. The van der Waals surface area contributed by atoms with E-state index in [9.17, 15) is 4.79 Å². The normalized spacial score (nSPS) is 17.4. The second kappa shape index (κ2) is 4.43. The standard InChI is InChI=1S/C16H16N2O/c1-10-8-9-13-14(11(10)2)15(18-16(19)17-13)12-6-4-3-5-7-12/h3-9,15H,1-2H3,(H2,17,18,19). The molecule has 1 unspecified atom stereocenters. The number of carbonyl (C=O) groups excluding carboxylic acids is 1. The highest BCUT2D eigenvalue weighted by atomic mass is 16.2. The highest BCUT2D eigenvalue weighted by molar-refractivity contribution is 5.94. The lowest BCUT2D eigenvalue weighted by Crippen LogP contribution is -2.38. The van der Waals surface area contributed by atoms with E-state index in [4.69, 9.17) is 0 Å². The summed E-state index contributed by atoms with van der Waals surface area (Å²) in [6.45, 7) is 4.19. The lowest BCUT2D eigenvalue weighted by molar-refractivity contribution is 0.249. The van der Waals surface area contributed by atoms with Crippen LogP contribution in [0.2, 0.25) is 0 Å². The minimum absolute atomic E-state index is 0.0788. The van der Waals surface area contributed by atoms with E-state index >= 15 is 0 Å². The minimum atomic E-state index is -0.149. The summed E-state index contributed by atoms with van der Waals surface area (Å²) < 4.78 is 0. The first-order chi connectivity index (χ1) is 9.16. The first kappa shape index (κ1) is 11.8. The van der Waals surface area contributed by atoms with Crippen LogP contribution < -0.4 is 10.6 Å². The van der Waals surface area contributed by atoms with E-state index in [-0.39, 0.29) is 12.1 Å². The molecule has 0 saturated carbocycles. The Labute approximate surface area is 112 Å². The third kappa shape index (κ3) is 1.97. The average Bonchev–Trinajstić information content (AvgIpc) is 2.43. The summed E-state index contributed by atoms with van der Waals surface area (Å²) in [5.41, 5.74) is 5.62. The van der Waals surface area contributed by atoms with Gasteiger partial charge < -0.3 is 10.6 Å². The molecule has 1 aliphatic heterocycles. The Morgan fingerprint density at radius 2 is 1.74 bits per heavy atom. The Kier molecular flexibility index (Phi) is 2.75. The van der Waals surface area contributed by atoms with Gasteiger partial charge in [-0.1, -0.05) is 36.4 Å². The summed E-state index contributed by atoms with van der Waals surface area (Å²) in [6.07, 6.45) is 0. The van der Waals surface area contributed by atoms with Crippen LogP contribution in [0.5, 0.6) is 0 Å². The van der Waals surface area contributed by atoms with Crippen molar-refractivity contribution in [1.29, 1.82) is 0 Å². The molecular formula is C16H16N2O. The number of aryl methyl sites for hydroxylation is 1. The van der Waals surface area contributed by atoms with Gasteiger partial charge in [-0.05, 0) is 36.6 Å². The molecule has 0 spiro atoms. The molecule has 96 valence electrons. The van der Waals surface area contributed by atoms with Gasteiger partial charge in [-0.15, -0.1) is 0 Å². The molecule has 3 nitrogen and oxygen atoms in total. The van der Waals surface area contributed by atoms with Crippen LogP contribution in [0.4, 0.5) is 10.5 Å². The Morgan fingerprint density at radius 1 is 1.00 bits per heavy atom. The third-order valence-electron chi connectivity index (χ3n) is 3.73. The van der Waals surface area contributed by atoms with Crippen LogP contribution in [0.25, 0.3) is 0 Å². The topological polar surface area (TPSA) is 41.1 Å². The van der Waals surface area contributed by atoms with Crippen molar-refractivity contribution in [1.82, 2.24) is 5.32 Å². The molecule has 0 radical (unpaired) electrons. The van der Waals surface area contributed by atoms with Crippen molar-refractivity contribution in [2.45, 2.75) is 19.9 Å². The van der Waals surface area contributed by atoms with E-state index in [0.717, 1.165) is 16.8 Å². The maximum atomic E-state index is 11.8. The molecule has 3 heteroatoms. The number of benzene rings is 2. The summed E-state index contributed by atoms with van der Waals surface area (Å²) in [5, 5.41) is 5.88. The number of anilines is 1. The number of hydrogen-bond donors (Lipinski definition) is 2. The predicted octanol–water partition coefficient (Wildman–Crippen LogP) is 3.53. The van der Waals surface area contributed by atoms with Crippen molar-refractivity contribution in [2.75, 3.05) is 5.32 Å². The van der Waals surface area contributed by atoms with Gasteiger partial charge in [0.2, 0.25) is 0 Å². The van der Waals surface area contributed by atoms with Crippen molar-refractivity contribution in [3.8, 4) is 0 Å². The van der Waals surface area contributed by atoms with Crippen LogP contribution in [0.3, 0.4) is 0 Å². The monoisotopic (exact) mass is 252 g/mol. The van der Waals surface area contributed by atoms with Crippen molar-refractivity contribution in [3.05, 3.63) is 64.7 Å². The molecule has 2 aromatic carbocycles. The molecule has 2 N–H and O–H groups in total. The van der Waals surface area contributed by atoms with E-state index in [1.54, 1.807) is 0 Å². The summed E-state index contributed by atoms with van der Waals surface area (Å²) in [6, 6.07) is 13.9. The molecular weight excluding hydrogens is 236 g/mol. The summed E-state index contributed by atoms with van der Waals surface area (Å²) in [4.78, 5) is 11.8. The SMILES string of the molecule is Cc1ccc2c(c1C)C(c1ccccc1)NC(=O)N2. The third-order valence-corrected chi connectivity index (χ3v) is 3.73. The highest BCUT2D eigenvalue weighted by Gasteiger charge is 2.27. The molecule has 19 heavy (non-hydrogen) atoms. The number of nitrogens with one attached hydrogen (secondary N) is 2. The first-order valence-electron chi connectivity index (χ1n) is 6.39. The molecule has 0 saturated heterocycles. The van der Waals surface area contributed by atoms with Crippen molar-refractivity contribution >= 4 is 11.7 Å². The summed E-state index contributed by atoms with van der Waals surface area (Å²) >= 11 is 0. The van der Waals surface area contributed by atoms with Gasteiger partial charge in [-0.2, -0.15) is 0 Å². The van der Waals surface area contributed by atoms with Crippen molar-refractivity contribution in [3.63, 3.8) is 0 Å². The maximum absolute atomic E-state index is 11.8. The van der Waals surface area contributed by atoms with Gasteiger partial charge >= 0.3 is 6.03 Å². The van der Waals surface area contributed by atoms with Crippen LogP contribution >= 0.6 is 0 Å². The largest absolute Gasteiger partial charge is 0.327 e. The summed E-state index contributed by atoms with van der Waals surface area (Å²) in [7, 11) is 0. The lowest BCUT2D eigenvalue weighted by Gasteiger charge is -2.30. The second-order valence-corrected chi connectivity index (χ2v) is 4.91. The number of urea groups is 1. The molecule has 0 aliphatic carbocycles. The van der Waals surface area contributed by atoms with Gasteiger partial charge in [-0.3, -0.25) is 0 Å². The molecule has 1 aliphatic rings. The van der Waals surface area contributed by atoms with Crippen LogP contribution in [-0.4, -0.2) is 6.03 Å². The van der Waals surface area contributed by atoms with E-state index in [1.807, 2.05) is 42.5 Å². The van der Waals surface area contributed by atoms with Gasteiger partial charge in [0, 0.05) is 11.3 Å². The van der Waals surface area contributed by atoms with Crippen LogP contribution in [0, 0.1) is 13.8 Å². The van der Waals surface area contributed by atoms with Crippen LogP contribution in [0.15, 0.2) is 42.5 Å². The Bertz CT molecular complexity index is 635.